The Balaban J connectivity index is 1.76. The number of carbonyl (C=O) groups excluding carboxylic acids is 2. The minimum atomic E-state index is -0.562. The number of rotatable bonds is 3. The Labute approximate surface area is 126 Å². The summed E-state index contributed by atoms with van der Waals surface area (Å²) in [6.45, 7) is 0.782. The number of piperazine rings is 1. The molecule has 1 saturated heterocycles. The van der Waals surface area contributed by atoms with Crippen LogP contribution in [-0.2, 0) is 4.79 Å². The summed E-state index contributed by atoms with van der Waals surface area (Å²) in [7, 11) is 0. The number of hydrogen-bond acceptors (Lipinski definition) is 2. The highest BCUT2D eigenvalue weighted by Crippen LogP contribution is 2.42. The zero-order chi connectivity index (χ0) is 15.7. The fourth-order valence-electron chi connectivity index (χ4n) is 2.67. The summed E-state index contributed by atoms with van der Waals surface area (Å²) in [4.78, 5) is 25.0. The molecule has 3 rings (SSSR count). The lowest BCUT2D eigenvalue weighted by molar-refractivity contribution is -0.123. The van der Waals surface area contributed by atoms with Gasteiger partial charge in [0.15, 0.2) is 0 Å². The number of nitrogens with one attached hydrogen (secondary N) is 2. The van der Waals surface area contributed by atoms with Crippen molar-refractivity contribution in [3.8, 4) is 0 Å². The monoisotopic (exact) mass is 309 g/mol. The summed E-state index contributed by atoms with van der Waals surface area (Å²) in [6.07, 6.45) is 1.72. The minimum Gasteiger partial charge on any atom is -0.353 e. The Hall–Kier alpha value is -2.18. The van der Waals surface area contributed by atoms with Gasteiger partial charge in [0.1, 0.15) is 18.2 Å². The summed E-state index contributed by atoms with van der Waals surface area (Å²) >= 11 is 0. The molecule has 2 fully saturated rings. The van der Waals surface area contributed by atoms with Gasteiger partial charge in [0, 0.05) is 18.7 Å². The quantitative estimate of drug-likeness (QED) is 0.890. The van der Waals surface area contributed by atoms with Gasteiger partial charge in [-0.05, 0) is 37.0 Å². The first kappa shape index (κ1) is 14.7. The fraction of sp³-hybridized carbons (Fsp3) is 0.467. The lowest BCUT2D eigenvalue weighted by Crippen LogP contribution is -2.53. The normalized spacial score (nSPS) is 19.5. The Morgan fingerprint density at radius 2 is 2.14 bits per heavy atom. The van der Waals surface area contributed by atoms with Crippen LogP contribution in [0.5, 0.6) is 0 Å². The molecule has 5 nitrogen and oxygen atoms in total. The molecule has 1 aliphatic heterocycles. The standard InChI is InChI=1S/C15H17F2N3O2/c16-10-3-4-12(17)11(7-10)14(9-1-2-9)19-15(22)20-6-5-18-13(21)8-20/h3-4,7,9,14H,1-2,5-6,8H2,(H,18,21)(H,19,22). The van der Waals surface area contributed by atoms with Gasteiger partial charge in [-0.1, -0.05) is 0 Å². The highest BCUT2D eigenvalue weighted by Gasteiger charge is 2.36. The van der Waals surface area contributed by atoms with Crippen molar-refractivity contribution in [3.63, 3.8) is 0 Å². The fourth-order valence-corrected chi connectivity index (χ4v) is 2.67. The molecule has 1 unspecified atom stereocenters. The van der Waals surface area contributed by atoms with Crippen molar-refractivity contribution in [2.75, 3.05) is 19.6 Å². The van der Waals surface area contributed by atoms with Gasteiger partial charge in [-0.25, -0.2) is 13.6 Å². The number of urea groups is 1. The van der Waals surface area contributed by atoms with E-state index in [2.05, 4.69) is 10.6 Å². The number of hydrogen-bond donors (Lipinski definition) is 2. The molecule has 0 radical (unpaired) electrons. The van der Waals surface area contributed by atoms with Crippen molar-refractivity contribution in [1.29, 1.82) is 0 Å². The molecule has 1 aromatic carbocycles. The number of carbonyl (C=O) groups is 2. The first-order chi connectivity index (χ1) is 10.5. The first-order valence-electron chi connectivity index (χ1n) is 7.31. The third kappa shape index (κ3) is 3.18. The molecule has 2 N–H and O–H groups in total. The summed E-state index contributed by atoms with van der Waals surface area (Å²) in [5.74, 6) is -1.18. The van der Waals surface area contributed by atoms with Crippen LogP contribution >= 0.6 is 0 Å². The van der Waals surface area contributed by atoms with E-state index in [-0.39, 0.29) is 23.9 Å². The van der Waals surface area contributed by atoms with Crippen LogP contribution in [0.2, 0.25) is 0 Å². The first-order valence-corrected chi connectivity index (χ1v) is 7.31. The van der Waals surface area contributed by atoms with Gasteiger partial charge in [0.2, 0.25) is 5.91 Å². The molecule has 1 aliphatic carbocycles. The Morgan fingerprint density at radius 1 is 1.36 bits per heavy atom. The van der Waals surface area contributed by atoms with E-state index in [0.29, 0.717) is 13.1 Å². The molecule has 3 amide bonds. The lowest BCUT2D eigenvalue weighted by atomic mass is 10.0. The Morgan fingerprint density at radius 3 is 2.82 bits per heavy atom. The van der Waals surface area contributed by atoms with Gasteiger partial charge >= 0.3 is 6.03 Å². The van der Waals surface area contributed by atoms with Crippen molar-refractivity contribution in [3.05, 3.63) is 35.4 Å². The second kappa shape index (κ2) is 5.90. The lowest BCUT2D eigenvalue weighted by Gasteiger charge is -2.29. The van der Waals surface area contributed by atoms with Crippen molar-refractivity contribution < 1.29 is 18.4 Å². The highest BCUT2D eigenvalue weighted by molar-refractivity contribution is 5.85. The predicted molar refractivity (Wildman–Crippen MR) is 74.9 cm³/mol. The van der Waals surface area contributed by atoms with Crippen LogP contribution in [0.25, 0.3) is 0 Å². The molecule has 2 aliphatic rings. The average molecular weight is 309 g/mol. The van der Waals surface area contributed by atoms with Crippen molar-refractivity contribution in [2.45, 2.75) is 18.9 Å². The highest BCUT2D eigenvalue weighted by atomic mass is 19.1. The number of benzene rings is 1. The van der Waals surface area contributed by atoms with Crippen molar-refractivity contribution >= 4 is 11.9 Å². The largest absolute Gasteiger partial charge is 0.353 e. The van der Waals surface area contributed by atoms with Crippen LogP contribution in [-0.4, -0.2) is 36.5 Å². The number of halogens is 2. The molecular formula is C15H17F2N3O2. The van der Waals surface area contributed by atoms with Gasteiger partial charge in [-0.3, -0.25) is 4.79 Å². The van der Waals surface area contributed by atoms with Crippen LogP contribution in [0.3, 0.4) is 0 Å². The second-order valence-corrected chi connectivity index (χ2v) is 5.70. The molecule has 0 aromatic heterocycles. The smallest absolute Gasteiger partial charge is 0.318 e. The van der Waals surface area contributed by atoms with E-state index in [0.717, 1.165) is 31.0 Å². The molecule has 22 heavy (non-hydrogen) atoms. The SMILES string of the molecule is O=C1CN(C(=O)NC(c2cc(F)ccc2F)C2CC2)CCN1. The summed E-state index contributed by atoms with van der Waals surface area (Å²) in [5, 5.41) is 5.39. The molecular weight excluding hydrogens is 292 g/mol. The van der Waals surface area contributed by atoms with E-state index < -0.39 is 23.7 Å². The molecule has 1 saturated carbocycles. The summed E-state index contributed by atoms with van der Waals surface area (Å²) < 4.78 is 27.4. The van der Waals surface area contributed by atoms with Crippen LogP contribution in [0.4, 0.5) is 13.6 Å². The van der Waals surface area contributed by atoms with E-state index >= 15 is 0 Å². The molecule has 1 heterocycles. The zero-order valence-corrected chi connectivity index (χ0v) is 11.9. The maximum atomic E-state index is 14.0. The molecule has 0 spiro atoms. The van der Waals surface area contributed by atoms with E-state index in [1.54, 1.807) is 0 Å². The minimum absolute atomic E-state index is 0.0190. The Bertz CT molecular complexity index is 604. The Kier molecular flexibility index (Phi) is 3.96. The zero-order valence-electron chi connectivity index (χ0n) is 11.9. The van der Waals surface area contributed by atoms with Gasteiger partial charge in [-0.2, -0.15) is 0 Å². The van der Waals surface area contributed by atoms with Gasteiger partial charge in [0.25, 0.3) is 0 Å². The van der Waals surface area contributed by atoms with E-state index in [1.165, 1.54) is 4.90 Å². The van der Waals surface area contributed by atoms with Gasteiger partial charge in [-0.15, -0.1) is 0 Å². The van der Waals surface area contributed by atoms with Crippen molar-refractivity contribution in [2.24, 2.45) is 5.92 Å². The molecule has 0 bridgehead atoms. The third-order valence-electron chi connectivity index (χ3n) is 3.99. The van der Waals surface area contributed by atoms with Crippen LogP contribution in [0, 0.1) is 17.6 Å². The number of amides is 3. The van der Waals surface area contributed by atoms with Gasteiger partial charge < -0.3 is 15.5 Å². The maximum Gasteiger partial charge on any atom is 0.318 e. The third-order valence-corrected chi connectivity index (χ3v) is 3.99. The molecule has 1 atom stereocenters. The van der Waals surface area contributed by atoms with Crippen LogP contribution in [0.1, 0.15) is 24.4 Å². The van der Waals surface area contributed by atoms with Gasteiger partial charge in [0.05, 0.1) is 6.04 Å². The molecule has 7 heteroatoms. The second-order valence-electron chi connectivity index (χ2n) is 5.70. The van der Waals surface area contributed by atoms with Crippen LogP contribution in [0.15, 0.2) is 18.2 Å². The molecule has 118 valence electrons. The summed E-state index contributed by atoms with van der Waals surface area (Å²) in [5.41, 5.74) is 0.164. The topological polar surface area (TPSA) is 61.4 Å². The maximum absolute atomic E-state index is 14.0. The predicted octanol–water partition coefficient (Wildman–Crippen LogP) is 1.56. The summed E-state index contributed by atoms with van der Waals surface area (Å²) in [6, 6.07) is 2.27. The number of nitrogens with zero attached hydrogens (tertiary/aromatic N) is 1. The van der Waals surface area contributed by atoms with E-state index in [9.17, 15) is 18.4 Å². The van der Waals surface area contributed by atoms with Crippen molar-refractivity contribution in [1.82, 2.24) is 15.5 Å². The van der Waals surface area contributed by atoms with E-state index in [1.807, 2.05) is 0 Å². The average Bonchev–Trinajstić information content (AvgIpc) is 3.32. The van der Waals surface area contributed by atoms with Crippen LogP contribution < -0.4 is 10.6 Å². The molecule has 1 aromatic rings. The van der Waals surface area contributed by atoms with E-state index in [4.69, 9.17) is 0 Å².